The topological polar surface area (TPSA) is 38.3 Å². The number of hydrogen-bond donors (Lipinski definition) is 1. The zero-order chi connectivity index (χ0) is 15.4. The largest absolute Gasteiger partial charge is 0.379 e. The van der Waals surface area contributed by atoms with Gasteiger partial charge in [-0.3, -0.25) is 4.79 Å². The van der Waals surface area contributed by atoms with Gasteiger partial charge in [0, 0.05) is 11.6 Å². The lowest BCUT2D eigenvalue weighted by atomic mass is 9.68. The van der Waals surface area contributed by atoms with Gasteiger partial charge in [-0.2, -0.15) is 0 Å². The monoisotopic (exact) mass is 321 g/mol. The highest BCUT2D eigenvalue weighted by Gasteiger charge is 2.41. The molecule has 1 atom stereocenters. The van der Waals surface area contributed by atoms with Gasteiger partial charge in [0.1, 0.15) is 0 Å². The number of amides is 1. The Morgan fingerprint density at radius 2 is 2.05 bits per heavy atom. The first-order valence-electron chi connectivity index (χ1n) is 8.35. The molecule has 3 nitrogen and oxygen atoms in total. The van der Waals surface area contributed by atoms with Crippen LogP contribution in [-0.4, -0.2) is 25.2 Å². The van der Waals surface area contributed by atoms with E-state index < -0.39 is 5.41 Å². The molecule has 2 fully saturated rings. The van der Waals surface area contributed by atoms with Crippen LogP contribution in [0.15, 0.2) is 24.3 Å². The van der Waals surface area contributed by atoms with E-state index in [1.54, 1.807) is 0 Å². The second-order valence-electron chi connectivity index (χ2n) is 6.54. The lowest BCUT2D eigenvalue weighted by Gasteiger charge is -2.38. The van der Waals surface area contributed by atoms with Crippen molar-refractivity contribution >= 4 is 17.5 Å². The van der Waals surface area contributed by atoms with Gasteiger partial charge in [-0.05, 0) is 43.4 Å². The maximum Gasteiger partial charge on any atom is 0.230 e. The van der Waals surface area contributed by atoms with Crippen LogP contribution in [0.2, 0.25) is 5.02 Å². The first-order chi connectivity index (χ1) is 10.7. The van der Waals surface area contributed by atoms with Crippen LogP contribution in [0, 0.1) is 0 Å². The molecule has 1 heterocycles. The predicted octanol–water partition coefficient (Wildman–Crippen LogP) is 3.84. The van der Waals surface area contributed by atoms with Crippen LogP contribution in [0.1, 0.15) is 50.5 Å². The van der Waals surface area contributed by atoms with Crippen LogP contribution in [0.25, 0.3) is 0 Å². The second kappa shape index (κ2) is 7.01. The average Bonchev–Trinajstić information content (AvgIpc) is 2.56. The summed E-state index contributed by atoms with van der Waals surface area (Å²) in [6.45, 7) is 1.45. The third kappa shape index (κ3) is 3.31. The summed E-state index contributed by atoms with van der Waals surface area (Å²) in [6, 6.07) is 7.98. The molecule has 1 aliphatic carbocycles. The van der Waals surface area contributed by atoms with E-state index in [4.69, 9.17) is 16.3 Å². The fourth-order valence-electron chi connectivity index (χ4n) is 3.77. The number of hydrogen-bond acceptors (Lipinski definition) is 2. The van der Waals surface area contributed by atoms with Crippen molar-refractivity contribution in [1.29, 1.82) is 0 Å². The Bertz CT molecular complexity index is 520. The Kier molecular flexibility index (Phi) is 5.04. The van der Waals surface area contributed by atoms with E-state index in [0.29, 0.717) is 11.6 Å². The molecule has 0 bridgehead atoms. The van der Waals surface area contributed by atoms with Gasteiger partial charge in [0.15, 0.2) is 0 Å². The van der Waals surface area contributed by atoms with Crippen molar-refractivity contribution in [2.24, 2.45) is 0 Å². The Labute approximate surface area is 137 Å². The lowest BCUT2D eigenvalue weighted by Crippen LogP contribution is -2.51. The molecule has 3 rings (SSSR count). The number of benzene rings is 1. The molecule has 1 amide bonds. The molecule has 0 radical (unpaired) electrons. The Morgan fingerprint density at radius 1 is 1.23 bits per heavy atom. The quantitative estimate of drug-likeness (QED) is 0.918. The number of carbonyl (C=O) groups excluding carboxylic acids is 1. The lowest BCUT2D eigenvalue weighted by molar-refractivity contribution is -0.129. The van der Waals surface area contributed by atoms with Gasteiger partial charge in [0.25, 0.3) is 0 Å². The smallest absolute Gasteiger partial charge is 0.230 e. The minimum Gasteiger partial charge on any atom is -0.379 e. The van der Waals surface area contributed by atoms with Crippen molar-refractivity contribution in [3.05, 3.63) is 34.9 Å². The molecule has 4 heteroatoms. The zero-order valence-electron chi connectivity index (χ0n) is 12.9. The van der Waals surface area contributed by atoms with Gasteiger partial charge in [-0.1, -0.05) is 43.0 Å². The molecule has 2 aliphatic rings. The van der Waals surface area contributed by atoms with Gasteiger partial charge in [0.2, 0.25) is 5.91 Å². The molecule has 1 unspecified atom stereocenters. The van der Waals surface area contributed by atoms with Gasteiger partial charge < -0.3 is 10.1 Å². The van der Waals surface area contributed by atoms with Crippen molar-refractivity contribution in [3.63, 3.8) is 0 Å². The van der Waals surface area contributed by atoms with Gasteiger partial charge >= 0.3 is 0 Å². The first-order valence-corrected chi connectivity index (χ1v) is 8.73. The summed E-state index contributed by atoms with van der Waals surface area (Å²) in [5, 5.41) is 3.95. The predicted molar refractivity (Wildman–Crippen MR) is 88.2 cm³/mol. The third-order valence-corrected chi connectivity index (χ3v) is 5.25. The Balaban J connectivity index is 1.83. The molecular formula is C18H24ClNO2. The Morgan fingerprint density at radius 3 is 2.73 bits per heavy atom. The summed E-state index contributed by atoms with van der Waals surface area (Å²) >= 11 is 6.17. The van der Waals surface area contributed by atoms with Gasteiger partial charge in [-0.15, -0.1) is 0 Å². The van der Waals surface area contributed by atoms with Gasteiger partial charge in [-0.25, -0.2) is 0 Å². The average molecular weight is 322 g/mol. The molecule has 1 aromatic rings. The first kappa shape index (κ1) is 15.8. The fraction of sp³-hybridized carbons (Fsp3) is 0.611. The number of halogens is 1. The van der Waals surface area contributed by atoms with E-state index in [2.05, 4.69) is 5.32 Å². The van der Waals surface area contributed by atoms with Crippen molar-refractivity contribution in [1.82, 2.24) is 5.32 Å². The fourth-order valence-corrected chi connectivity index (χ4v) is 3.96. The van der Waals surface area contributed by atoms with Crippen molar-refractivity contribution in [3.8, 4) is 0 Å². The minimum absolute atomic E-state index is 0.152. The van der Waals surface area contributed by atoms with Crippen molar-refractivity contribution in [2.75, 3.05) is 13.2 Å². The van der Waals surface area contributed by atoms with Crippen LogP contribution in [-0.2, 0) is 14.9 Å². The maximum absolute atomic E-state index is 13.1. The normalized spacial score (nSPS) is 24.7. The summed E-state index contributed by atoms with van der Waals surface area (Å²) in [5.74, 6) is 0.157. The third-order valence-electron chi connectivity index (χ3n) is 5.01. The molecule has 1 aromatic carbocycles. The van der Waals surface area contributed by atoms with Crippen LogP contribution in [0.3, 0.4) is 0 Å². The van der Waals surface area contributed by atoms with Crippen LogP contribution in [0.4, 0.5) is 0 Å². The van der Waals surface area contributed by atoms with E-state index >= 15 is 0 Å². The van der Waals surface area contributed by atoms with Crippen LogP contribution < -0.4 is 5.32 Å². The summed E-state index contributed by atoms with van der Waals surface area (Å²) in [5.41, 5.74) is 0.648. The number of carbonyl (C=O) groups is 1. The molecule has 22 heavy (non-hydrogen) atoms. The Hall–Kier alpha value is -1.06. The van der Waals surface area contributed by atoms with E-state index in [-0.39, 0.29) is 11.9 Å². The summed E-state index contributed by atoms with van der Waals surface area (Å²) in [7, 11) is 0. The standard InChI is InChI=1S/C18H24ClNO2/c19-15-7-4-6-14(12-15)18(9-2-1-3-10-18)17(21)20-16-8-5-11-22-13-16/h4,6-7,12,16H,1-3,5,8-11,13H2,(H,20,21). The molecule has 0 spiro atoms. The summed E-state index contributed by atoms with van der Waals surface area (Å²) < 4.78 is 5.49. The maximum atomic E-state index is 13.1. The number of rotatable bonds is 3. The highest BCUT2D eigenvalue weighted by molar-refractivity contribution is 6.30. The van der Waals surface area contributed by atoms with E-state index in [1.165, 1.54) is 6.42 Å². The van der Waals surface area contributed by atoms with Crippen molar-refractivity contribution < 1.29 is 9.53 Å². The molecule has 1 saturated heterocycles. The molecular weight excluding hydrogens is 298 g/mol. The SMILES string of the molecule is O=C(NC1CCCOC1)C1(c2cccc(Cl)c2)CCCCC1. The molecule has 0 aromatic heterocycles. The molecule has 1 aliphatic heterocycles. The van der Waals surface area contributed by atoms with Crippen LogP contribution >= 0.6 is 11.6 Å². The van der Waals surface area contributed by atoms with Gasteiger partial charge in [0.05, 0.1) is 18.1 Å². The van der Waals surface area contributed by atoms with E-state index in [1.807, 2.05) is 24.3 Å². The van der Waals surface area contributed by atoms with E-state index in [9.17, 15) is 4.79 Å². The zero-order valence-corrected chi connectivity index (χ0v) is 13.7. The van der Waals surface area contributed by atoms with E-state index in [0.717, 1.165) is 50.7 Å². The molecule has 1 saturated carbocycles. The minimum atomic E-state index is -0.416. The number of nitrogens with one attached hydrogen (secondary N) is 1. The summed E-state index contributed by atoms with van der Waals surface area (Å²) in [6.07, 6.45) is 7.26. The molecule has 1 N–H and O–H groups in total. The molecule has 120 valence electrons. The highest BCUT2D eigenvalue weighted by atomic mass is 35.5. The second-order valence-corrected chi connectivity index (χ2v) is 6.98. The number of ether oxygens (including phenoxy) is 1. The highest BCUT2D eigenvalue weighted by Crippen LogP contribution is 2.40. The van der Waals surface area contributed by atoms with Crippen LogP contribution in [0.5, 0.6) is 0 Å². The summed E-state index contributed by atoms with van der Waals surface area (Å²) in [4.78, 5) is 13.1. The van der Waals surface area contributed by atoms with Crippen molar-refractivity contribution in [2.45, 2.75) is 56.4 Å².